The molecule has 33 heavy (non-hydrogen) atoms. The monoisotopic (exact) mass is 439 g/mol. The SMILES string of the molecule is O=C(COc1ccc([N+](=O)[O-])cc1)Nc1ccccc1-c1nc2ccc3ccccc3c2o1. The zero-order valence-electron chi connectivity index (χ0n) is 17.2. The molecule has 1 N–H and O–H groups in total. The Kier molecular flexibility index (Phi) is 5.16. The Hall–Kier alpha value is -4.72. The number of oxazole rings is 1. The lowest BCUT2D eigenvalue weighted by molar-refractivity contribution is -0.384. The molecule has 4 aromatic carbocycles. The Morgan fingerprint density at radius 1 is 0.970 bits per heavy atom. The molecule has 5 aromatic rings. The van der Waals surface area contributed by atoms with E-state index in [1.165, 1.54) is 24.3 Å². The van der Waals surface area contributed by atoms with Gasteiger partial charge in [-0.3, -0.25) is 14.9 Å². The van der Waals surface area contributed by atoms with Crippen molar-refractivity contribution in [2.24, 2.45) is 0 Å². The second-order valence-electron chi connectivity index (χ2n) is 7.29. The van der Waals surface area contributed by atoms with Crippen molar-refractivity contribution >= 4 is 39.2 Å². The van der Waals surface area contributed by atoms with Crippen LogP contribution >= 0.6 is 0 Å². The average Bonchev–Trinajstić information content (AvgIpc) is 3.28. The van der Waals surface area contributed by atoms with Gasteiger partial charge in [-0.25, -0.2) is 4.98 Å². The van der Waals surface area contributed by atoms with E-state index in [-0.39, 0.29) is 18.2 Å². The van der Waals surface area contributed by atoms with Gasteiger partial charge in [-0.2, -0.15) is 0 Å². The minimum absolute atomic E-state index is 0.0492. The third kappa shape index (κ3) is 4.09. The number of benzene rings is 4. The van der Waals surface area contributed by atoms with Gasteiger partial charge >= 0.3 is 0 Å². The molecule has 162 valence electrons. The van der Waals surface area contributed by atoms with Crippen molar-refractivity contribution in [2.75, 3.05) is 11.9 Å². The highest BCUT2D eigenvalue weighted by Gasteiger charge is 2.16. The van der Waals surface area contributed by atoms with Crippen LogP contribution in [-0.4, -0.2) is 22.4 Å². The van der Waals surface area contributed by atoms with Gasteiger partial charge in [-0.15, -0.1) is 0 Å². The maximum absolute atomic E-state index is 12.5. The zero-order chi connectivity index (χ0) is 22.8. The van der Waals surface area contributed by atoms with Gasteiger partial charge in [0.1, 0.15) is 11.3 Å². The molecule has 0 aliphatic rings. The molecule has 0 saturated heterocycles. The number of aromatic nitrogens is 1. The maximum atomic E-state index is 12.5. The first-order valence-electron chi connectivity index (χ1n) is 10.1. The van der Waals surface area contributed by atoms with Crippen molar-refractivity contribution in [3.05, 3.63) is 95.0 Å². The number of carbonyl (C=O) groups excluding carboxylic acids is 1. The lowest BCUT2D eigenvalue weighted by Crippen LogP contribution is -2.20. The Morgan fingerprint density at radius 2 is 1.73 bits per heavy atom. The van der Waals surface area contributed by atoms with Gasteiger partial charge in [-0.1, -0.05) is 42.5 Å². The predicted molar refractivity (Wildman–Crippen MR) is 124 cm³/mol. The van der Waals surface area contributed by atoms with E-state index >= 15 is 0 Å². The van der Waals surface area contributed by atoms with Crippen molar-refractivity contribution in [1.82, 2.24) is 4.98 Å². The number of hydrogen-bond acceptors (Lipinski definition) is 6. The van der Waals surface area contributed by atoms with Gasteiger partial charge in [0.2, 0.25) is 5.89 Å². The third-order valence-electron chi connectivity index (χ3n) is 5.13. The quantitative estimate of drug-likeness (QED) is 0.274. The topological polar surface area (TPSA) is 108 Å². The number of rotatable bonds is 6. The molecule has 0 aliphatic carbocycles. The van der Waals surface area contributed by atoms with E-state index in [1.807, 2.05) is 48.5 Å². The van der Waals surface area contributed by atoms with Crippen molar-refractivity contribution in [1.29, 1.82) is 0 Å². The summed E-state index contributed by atoms with van der Waals surface area (Å²) in [5.74, 6) is 0.366. The molecule has 0 atom stereocenters. The molecular weight excluding hydrogens is 422 g/mol. The number of fused-ring (bicyclic) bond motifs is 3. The standard InChI is InChI=1S/C25H17N3O5/c29-23(15-32-18-12-10-17(11-13-18)28(30)31)26-21-8-4-3-7-20(21)25-27-22-14-9-16-5-1-2-6-19(16)24(22)33-25/h1-14H,15H2,(H,26,29). The molecule has 0 fully saturated rings. The number of nitrogens with one attached hydrogen (secondary N) is 1. The van der Waals surface area contributed by atoms with Gasteiger partial charge in [0.25, 0.3) is 11.6 Å². The minimum atomic E-state index is -0.498. The highest BCUT2D eigenvalue weighted by molar-refractivity contribution is 6.04. The molecule has 0 saturated carbocycles. The number of carbonyl (C=O) groups is 1. The van der Waals surface area contributed by atoms with Gasteiger partial charge < -0.3 is 14.5 Å². The Balaban J connectivity index is 1.36. The second kappa shape index (κ2) is 8.43. The van der Waals surface area contributed by atoms with E-state index in [9.17, 15) is 14.9 Å². The summed E-state index contributed by atoms with van der Waals surface area (Å²) in [6.07, 6.45) is 0. The third-order valence-corrected chi connectivity index (χ3v) is 5.13. The number of non-ortho nitro benzene ring substituents is 1. The molecule has 8 nitrogen and oxygen atoms in total. The van der Waals surface area contributed by atoms with E-state index < -0.39 is 4.92 Å². The molecule has 1 amide bonds. The number of ether oxygens (including phenoxy) is 1. The fraction of sp³-hybridized carbons (Fsp3) is 0.0400. The zero-order valence-corrected chi connectivity index (χ0v) is 17.2. The van der Waals surface area contributed by atoms with Crippen LogP contribution < -0.4 is 10.1 Å². The summed E-state index contributed by atoms with van der Waals surface area (Å²) in [5.41, 5.74) is 2.54. The molecular formula is C25H17N3O5. The number of nitrogens with zero attached hydrogens (tertiary/aromatic N) is 2. The summed E-state index contributed by atoms with van der Waals surface area (Å²) in [6.45, 7) is -0.260. The first-order valence-corrected chi connectivity index (χ1v) is 10.1. The summed E-state index contributed by atoms with van der Waals surface area (Å²) in [6, 6.07) is 24.6. The number of para-hydroxylation sites is 1. The number of hydrogen-bond donors (Lipinski definition) is 1. The second-order valence-corrected chi connectivity index (χ2v) is 7.29. The van der Waals surface area contributed by atoms with Gasteiger partial charge in [-0.05, 0) is 35.7 Å². The summed E-state index contributed by atoms with van der Waals surface area (Å²) in [7, 11) is 0. The van der Waals surface area contributed by atoms with Crippen molar-refractivity contribution < 1.29 is 18.9 Å². The summed E-state index contributed by atoms with van der Waals surface area (Å²) >= 11 is 0. The molecule has 1 heterocycles. The van der Waals surface area contributed by atoms with Crippen LogP contribution in [-0.2, 0) is 4.79 Å². The highest BCUT2D eigenvalue weighted by atomic mass is 16.6. The van der Waals surface area contributed by atoms with Crippen LogP contribution in [0.25, 0.3) is 33.3 Å². The molecule has 0 unspecified atom stereocenters. The highest BCUT2D eigenvalue weighted by Crippen LogP contribution is 2.33. The van der Waals surface area contributed by atoms with E-state index in [0.29, 0.717) is 28.5 Å². The largest absolute Gasteiger partial charge is 0.484 e. The van der Waals surface area contributed by atoms with Crippen LogP contribution in [0.3, 0.4) is 0 Å². The van der Waals surface area contributed by atoms with Crippen LogP contribution in [0, 0.1) is 10.1 Å². The van der Waals surface area contributed by atoms with Gasteiger partial charge in [0.05, 0.1) is 16.2 Å². The Bertz CT molecular complexity index is 1490. The van der Waals surface area contributed by atoms with Crippen LogP contribution in [0.4, 0.5) is 11.4 Å². The van der Waals surface area contributed by atoms with Gasteiger partial charge in [0.15, 0.2) is 12.2 Å². The first-order chi connectivity index (χ1) is 16.1. The minimum Gasteiger partial charge on any atom is -0.484 e. The predicted octanol–water partition coefficient (Wildman–Crippen LogP) is 5.57. The first kappa shape index (κ1) is 20.2. The van der Waals surface area contributed by atoms with E-state index in [4.69, 9.17) is 9.15 Å². The number of anilines is 1. The van der Waals surface area contributed by atoms with Crippen LogP contribution in [0.2, 0.25) is 0 Å². The molecule has 0 radical (unpaired) electrons. The van der Waals surface area contributed by atoms with Crippen LogP contribution in [0.5, 0.6) is 5.75 Å². The van der Waals surface area contributed by atoms with E-state index in [2.05, 4.69) is 10.3 Å². The molecule has 0 aliphatic heterocycles. The normalized spacial score (nSPS) is 10.9. The lowest BCUT2D eigenvalue weighted by atomic mass is 10.1. The smallest absolute Gasteiger partial charge is 0.269 e. The Labute approximate surface area is 187 Å². The van der Waals surface area contributed by atoms with Crippen molar-refractivity contribution in [3.8, 4) is 17.2 Å². The summed E-state index contributed by atoms with van der Waals surface area (Å²) in [5, 5.41) is 15.6. The molecule has 1 aromatic heterocycles. The van der Waals surface area contributed by atoms with Crippen molar-refractivity contribution in [2.45, 2.75) is 0 Å². The van der Waals surface area contributed by atoms with Crippen LogP contribution in [0.1, 0.15) is 0 Å². The van der Waals surface area contributed by atoms with Crippen molar-refractivity contribution in [3.63, 3.8) is 0 Å². The fourth-order valence-electron chi connectivity index (χ4n) is 3.55. The molecule has 0 spiro atoms. The van der Waals surface area contributed by atoms with E-state index in [0.717, 1.165) is 16.3 Å². The Morgan fingerprint density at radius 3 is 2.55 bits per heavy atom. The number of amides is 1. The lowest BCUT2D eigenvalue weighted by Gasteiger charge is -2.10. The average molecular weight is 439 g/mol. The maximum Gasteiger partial charge on any atom is 0.269 e. The molecule has 5 rings (SSSR count). The molecule has 0 bridgehead atoms. The number of nitro benzene ring substituents is 1. The fourth-order valence-corrected chi connectivity index (χ4v) is 3.55. The number of nitro groups is 1. The van der Waals surface area contributed by atoms with E-state index in [1.54, 1.807) is 12.1 Å². The summed E-state index contributed by atoms with van der Waals surface area (Å²) in [4.78, 5) is 27.4. The van der Waals surface area contributed by atoms with Gasteiger partial charge in [0, 0.05) is 17.5 Å². The summed E-state index contributed by atoms with van der Waals surface area (Å²) < 4.78 is 11.5. The van der Waals surface area contributed by atoms with Crippen LogP contribution in [0.15, 0.2) is 89.3 Å². The molecule has 8 heteroatoms.